The van der Waals surface area contributed by atoms with Crippen molar-refractivity contribution >= 4 is 17.2 Å². The molecule has 0 saturated carbocycles. The topological polar surface area (TPSA) is 32.8 Å². The summed E-state index contributed by atoms with van der Waals surface area (Å²) in [7, 11) is 0. The summed E-state index contributed by atoms with van der Waals surface area (Å²) >= 11 is 1.54. The van der Waals surface area contributed by atoms with Crippen LogP contribution in [0.3, 0.4) is 0 Å². The van der Waals surface area contributed by atoms with Gasteiger partial charge in [-0.1, -0.05) is 19.4 Å². The van der Waals surface area contributed by atoms with E-state index in [-0.39, 0.29) is 5.91 Å². The summed E-state index contributed by atoms with van der Waals surface area (Å²) in [5, 5.41) is 1.98. The highest BCUT2D eigenvalue weighted by Crippen LogP contribution is 2.24. The van der Waals surface area contributed by atoms with Crippen LogP contribution in [0.2, 0.25) is 0 Å². The fourth-order valence-corrected chi connectivity index (χ4v) is 4.38. The van der Waals surface area contributed by atoms with Crippen LogP contribution in [0.1, 0.15) is 42.3 Å². The van der Waals surface area contributed by atoms with E-state index in [1.54, 1.807) is 11.3 Å². The predicted octanol–water partition coefficient (Wildman–Crippen LogP) is 2.85. The van der Waals surface area contributed by atoms with E-state index in [9.17, 15) is 4.79 Å². The Labute approximate surface area is 137 Å². The molecule has 0 radical (unpaired) electrons. The molecular formula is C17H26N2O2S. The molecule has 122 valence electrons. The molecule has 2 fully saturated rings. The van der Waals surface area contributed by atoms with Gasteiger partial charge < -0.3 is 9.64 Å². The first-order valence-electron chi connectivity index (χ1n) is 8.46. The Hall–Kier alpha value is -0.910. The largest absolute Gasteiger partial charge is 0.378 e. The summed E-state index contributed by atoms with van der Waals surface area (Å²) in [5.74, 6) is 0.209. The average Bonchev–Trinajstić information content (AvgIpc) is 3.10. The third-order valence-electron chi connectivity index (χ3n) is 4.85. The number of thiophene rings is 1. The minimum Gasteiger partial charge on any atom is -0.378 e. The molecule has 3 heterocycles. The molecule has 4 nitrogen and oxygen atoms in total. The highest BCUT2D eigenvalue weighted by atomic mass is 32.1. The first kappa shape index (κ1) is 16.0. The van der Waals surface area contributed by atoms with Crippen molar-refractivity contribution in [1.29, 1.82) is 0 Å². The Morgan fingerprint density at radius 3 is 2.86 bits per heavy atom. The van der Waals surface area contributed by atoms with Crippen molar-refractivity contribution < 1.29 is 9.53 Å². The van der Waals surface area contributed by atoms with Gasteiger partial charge >= 0.3 is 0 Å². The number of rotatable bonds is 4. The number of piperidine rings is 1. The second-order valence-corrected chi connectivity index (χ2v) is 7.20. The van der Waals surface area contributed by atoms with Crippen LogP contribution in [-0.2, 0) is 4.74 Å². The zero-order chi connectivity index (χ0) is 15.4. The van der Waals surface area contributed by atoms with Crippen molar-refractivity contribution in [3.63, 3.8) is 0 Å². The molecule has 1 atom stereocenters. The summed E-state index contributed by atoms with van der Waals surface area (Å²) < 4.78 is 5.66. The van der Waals surface area contributed by atoms with E-state index in [4.69, 9.17) is 4.74 Å². The Kier molecular flexibility index (Phi) is 5.50. The first-order valence-corrected chi connectivity index (χ1v) is 9.34. The summed E-state index contributed by atoms with van der Waals surface area (Å²) in [6, 6.07) is 5.07. The number of amides is 1. The molecule has 0 aliphatic carbocycles. The van der Waals surface area contributed by atoms with E-state index in [1.807, 2.05) is 22.4 Å². The highest BCUT2D eigenvalue weighted by molar-refractivity contribution is 7.12. The van der Waals surface area contributed by atoms with Gasteiger partial charge in [0, 0.05) is 31.7 Å². The molecule has 0 spiro atoms. The summed E-state index contributed by atoms with van der Waals surface area (Å²) in [6.07, 6.45) is 4.61. The van der Waals surface area contributed by atoms with Gasteiger partial charge in [-0.05, 0) is 30.7 Å². The number of morpholine rings is 1. The quantitative estimate of drug-likeness (QED) is 0.854. The van der Waals surface area contributed by atoms with Crippen molar-refractivity contribution in [2.45, 2.75) is 44.7 Å². The number of nitrogens with zero attached hydrogens (tertiary/aromatic N) is 2. The number of carbonyl (C=O) groups is 1. The lowest BCUT2D eigenvalue weighted by atomic mass is 9.98. The van der Waals surface area contributed by atoms with E-state index in [0.717, 1.165) is 50.6 Å². The second-order valence-electron chi connectivity index (χ2n) is 6.26. The normalized spacial score (nSPS) is 24.6. The van der Waals surface area contributed by atoms with Gasteiger partial charge in [-0.2, -0.15) is 0 Å². The van der Waals surface area contributed by atoms with Gasteiger partial charge in [-0.25, -0.2) is 0 Å². The Morgan fingerprint density at radius 2 is 2.18 bits per heavy atom. The maximum absolute atomic E-state index is 12.4. The van der Waals surface area contributed by atoms with Crippen LogP contribution < -0.4 is 0 Å². The van der Waals surface area contributed by atoms with Crippen LogP contribution in [-0.4, -0.2) is 60.6 Å². The molecular weight excluding hydrogens is 296 g/mol. The molecule has 0 N–H and O–H groups in total. The van der Waals surface area contributed by atoms with E-state index < -0.39 is 0 Å². The lowest BCUT2D eigenvalue weighted by Crippen LogP contribution is -2.54. The number of hydrogen-bond acceptors (Lipinski definition) is 4. The standard InChI is InChI=1S/C17H26N2O2S/c1-2-4-15-13-21-11-10-19(15)14-6-8-18(9-7-14)17(20)16-5-3-12-22-16/h3,5,12,14-15H,2,4,6-11,13H2,1H3/t15-/m1/s1. The van der Waals surface area contributed by atoms with E-state index in [1.165, 1.54) is 12.8 Å². The molecule has 0 bridgehead atoms. The SMILES string of the molecule is CCC[C@@H]1COCCN1C1CCN(C(=O)c2cccs2)CC1. The van der Waals surface area contributed by atoms with Crippen LogP contribution in [0.15, 0.2) is 17.5 Å². The van der Waals surface area contributed by atoms with Crippen molar-refractivity contribution in [1.82, 2.24) is 9.80 Å². The Morgan fingerprint density at radius 1 is 1.36 bits per heavy atom. The number of likely N-dealkylation sites (tertiary alicyclic amines) is 1. The summed E-state index contributed by atoms with van der Waals surface area (Å²) in [4.78, 5) is 18.0. The van der Waals surface area contributed by atoms with Crippen molar-refractivity contribution in [2.75, 3.05) is 32.8 Å². The predicted molar refractivity (Wildman–Crippen MR) is 89.5 cm³/mol. The van der Waals surface area contributed by atoms with Crippen LogP contribution >= 0.6 is 11.3 Å². The third kappa shape index (κ3) is 3.53. The van der Waals surface area contributed by atoms with E-state index >= 15 is 0 Å². The minimum absolute atomic E-state index is 0.209. The van der Waals surface area contributed by atoms with Crippen LogP contribution in [0.25, 0.3) is 0 Å². The van der Waals surface area contributed by atoms with Crippen LogP contribution in [0.4, 0.5) is 0 Å². The molecule has 22 heavy (non-hydrogen) atoms. The fourth-order valence-electron chi connectivity index (χ4n) is 3.69. The van der Waals surface area contributed by atoms with Gasteiger partial charge in [0.05, 0.1) is 18.1 Å². The molecule has 2 aliphatic rings. The minimum atomic E-state index is 0.209. The molecule has 1 amide bonds. The highest BCUT2D eigenvalue weighted by Gasteiger charge is 2.32. The lowest BCUT2D eigenvalue weighted by Gasteiger charge is -2.44. The summed E-state index contributed by atoms with van der Waals surface area (Å²) in [5.41, 5.74) is 0. The van der Waals surface area contributed by atoms with Crippen molar-refractivity contribution in [3.05, 3.63) is 22.4 Å². The van der Waals surface area contributed by atoms with Crippen molar-refractivity contribution in [3.8, 4) is 0 Å². The van der Waals surface area contributed by atoms with E-state index in [0.29, 0.717) is 12.1 Å². The molecule has 2 aliphatic heterocycles. The Balaban J connectivity index is 1.55. The lowest BCUT2D eigenvalue weighted by molar-refractivity contribution is -0.0427. The molecule has 0 aromatic carbocycles. The summed E-state index contributed by atoms with van der Waals surface area (Å²) in [6.45, 7) is 6.80. The number of carbonyl (C=O) groups excluding carboxylic acids is 1. The maximum Gasteiger partial charge on any atom is 0.263 e. The number of ether oxygens (including phenoxy) is 1. The van der Waals surface area contributed by atoms with Crippen LogP contribution in [0, 0.1) is 0 Å². The molecule has 1 aromatic rings. The zero-order valence-corrected chi connectivity index (χ0v) is 14.2. The van der Waals surface area contributed by atoms with Crippen molar-refractivity contribution in [2.24, 2.45) is 0 Å². The first-order chi connectivity index (χ1) is 10.8. The monoisotopic (exact) mass is 322 g/mol. The fraction of sp³-hybridized carbons (Fsp3) is 0.706. The number of hydrogen-bond donors (Lipinski definition) is 0. The molecule has 5 heteroatoms. The molecule has 1 aromatic heterocycles. The molecule has 2 saturated heterocycles. The third-order valence-corrected chi connectivity index (χ3v) is 5.71. The van der Waals surface area contributed by atoms with Crippen LogP contribution in [0.5, 0.6) is 0 Å². The van der Waals surface area contributed by atoms with Gasteiger partial charge in [0.2, 0.25) is 0 Å². The zero-order valence-electron chi connectivity index (χ0n) is 13.4. The van der Waals surface area contributed by atoms with Gasteiger partial charge in [-0.3, -0.25) is 9.69 Å². The maximum atomic E-state index is 12.4. The van der Waals surface area contributed by atoms with E-state index in [2.05, 4.69) is 11.8 Å². The van der Waals surface area contributed by atoms with Gasteiger partial charge in [0.1, 0.15) is 0 Å². The second kappa shape index (κ2) is 7.57. The van der Waals surface area contributed by atoms with Gasteiger partial charge in [0.15, 0.2) is 0 Å². The van der Waals surface area contributed by atoms with Gasteiger partial charge in [-0.15, -0.1) is 11.3 Å². The molecule has 3 rings (SSSR count). The smallest absolute Gasteiger partial charge is 0.263 e. The van der Waals surface area contributed by atoms with Gasteiger partial charge in [0.25, 0.3) is 5.91 Å². The average molecular weight is 322 g/mol. The Bertz CT molecular complexity index is 467. The molecule has 0 unspecified atom stereocenters.